The SMILES string of the molecule is CCC/C=C/CCCCCCCCCCCCCc1ccc(OCC2CO2)cc1. The number of benzene rings is 1. The Morgan fingerprint density at radius 1 is 0.793 bits per heavy atom. The first-order chi connectivity index (χ1) is 14.4. The molecule has 2 nitrogen and oxygen atoms in total. The summed E-state index contributed by atoms with van der Waals surface area (Å²) in [6.07, 6.45) is 25.5. The number of unbranched alkanes of at least 4 members (excludes halogenated alkanes) is 12. The molecule has 0 spiro atoms. The molecule has 1 saturated heterocycles. The zero-order chi connectivity index (χ0) is 20.4. The number of ether oxygens (including phenoxy) is 2. The summed E-state index contributed by atoms with van der Waals surface area (Å²) in [6.45, 7) is 3.79. The Morgan fingerprint density at radius 3 is 1.93 bits per heavy atom. The van der Waals surface area contributed by atoms with Gasteiger partial charge in [0, 0.05) is 0 Å². The first kappa shape index (κ1) is 24.0. The van der Waals surface area contributed by atoms with E-state index in [1.54, 1.807) is 0 Å². The van der Waals surface area contributed by atoms with Crippen molar-refractivity contribution in [2.24, 2.45) is 0 Å². The quantitative estimate of drug-likeness (QED) is 0.133. The molecular formula is C27H44O2. The van der Waals surface area contributed by atoms with Crippen LogP contribution in [0.4, 0.5) is 0 Å². The summed E-state index contributed by atoms with van der Waals surface area (Å²) in [7, 11) is 0. The molecule has 1 aromatic carbocycles. The first-order valence-electron chi connectivity index (χ1n) is 12.4. The molecule has 1 unspecified atom stereocenters. The van der Waals surface area contributed by atoms with Gasteiger partial charge in [-0.3, -0.25) is 0 Å². The van der Waals surface area contributed by atoms with Gasteiger partial charge in [-0.2, -0.15) is 0 Å². The van der Waals surface area contributed by atoms with Gasteiger partial charge >= 0.3 is 0 Å². The molecule has 1 atom stereocenters. The monoisotopic (exact) mass is 400 g/mol. The highest BCUT2D eigenvalue weighted by Gasteiger charge is 2.22. The Morgan fingerprint density at radius 2 is 1.34 bits per heavy atom. The maximum absolute atomic E-state index is 5.69. The third-order valence-corrected chi connectivity index (χ3v) is 5.72. The van der Waals surface area contributed by atoms with Crippen molar-refractivity contribution in [1.82, 2.24) is 0 Å². The fraction of sp³-hybridized carbons (Fsp3) is 0.704. The van der Waals surface area contributed by atoms with Crippen LogP contribution in [0.25, 0.3) is 0 Å². The zero-order valence-electron chi connectivity index (χ0n) is 18.9. The van der Waals surface area contributed by atoms with E-state index in [1.807, 2.05) is 0 Å². The molecule has 1 heterocycles. The highest BCUT2D eigenvalue weighted by atomic mass is 16.6. The van der Waals surface area contributed by atoms with E-state index >= 15 is 0 Å². The third kappa shape index (κ3) is 13.5. The summed E-state index contributed by atoms with van der Waals surface area (Å²) < 4.78 is 10.9. The Labute approximate surface area is 180 Å². The second-order valence-electron chi connectivity index (χ2n) is 8.60. The number of hydrogen-bond acceptors (Lipinski definition) is 2. The van der Waals surface area contributed by atoms with Crippen LogP contribution in [-0.2, 0) is 11.2 Å². The number of allylic oxidation sites excluding steroid dienone is 2. The zero-order valence-corrected chi connectivity index (χ0v) is 18.9. The lowest BCUT2D eigenvalue weighted by Gasteiger charge is -2.06. The average molecular weight is 401 g/mol. The molecule has 0 amide bonds. The van der Waals surface area contributed by atoms with E-state index in [1.165, 1.54) is 102 Å². The average Bonchev–Trinajstić information content (AvgIpc) is 3.57. The van der Waals surface area contributed by atoms with Crippen LogP contribution >= 0.6 is 0 Å². The molecule has 1 aromatic rings. The van der Waals surface area contributed by atoms with Crippen LogP contribution in [-0.4, -0.2) is 19.3 Å². The lowest BCUT2D eigenvalue weighted by Crippen LogP contribution is -2.03. The van der Waals surface area contributed by atoms with E-state index in [-0.39, 0.29) is 0 Å². The Kier molecular flexibility index (Phi) is 13.7. The Bertz CT molecular complexity index is 516. The molecule has 0 aliphatic carbocycles. The summed E-state index contributed by atoms with van der Waals surface area (Å²) >= 11 is 0. The summed E-state index contributed by atoms with van der Waals surface area (Å²) in [5.41, 5.74) is 1.43. The van der Waals surface area contributed by atoms with E-state index in [0.29, 0.717) is 12.7 Å². The highest BCUT2D eigenvalue weighted by Crippen LogP contribution is 2.18. The lowest BCUT2D eigenvalue weighted by atomic mass is 10.0. The second kappa shape index (κ2) is 16.5. The Balaban J connectivity index is 1.31. The van der Waals surface area contributed by atoms with Crippen LogP contribution in [0.5, 0.6) is 5.75 Å². The summed E-state index contributed by atoms with van der Waals surface area (Å²) in [5, 5.41) is 0. The van der Waals surface area contributed by atoms with Crippen LogP contribution in [0.1, 0.15) is 102 Å². The van der Waals surface area contributed by atoms with Crippen LogP contribution in [0.15, 0.2) is 36.4 Å². The van der Waals surface area contributed by atoms with Crippen molar-refractivity contribution in [2.45, 2.75) is 109 Å². The van der Waals surface area contributed by atoms with Gasteiger partial charge in [0.2, 0.25) is 0 Å². The molecule has 0 bridgehead atoms. The number of aryl methyl sites for hydroxylation is 1. The van der Waals surface area contributed by atoms with Crippen molar-refractivity contribution in [3.05, 3.63) is 42.0 Å². The largest absolute Gasteiger partial charge is 0.491 e. The summed E-state index contributed by atoms with van der Waals surface area (Å²) in [5.74, 6) is 0.966. The topological polar surface area (TPSA) is 21.8 Å². The van der Waals surface area contributed by atoms with Gasteiger partial charge in [0.15, 0.2) is 0 Å². The normalized spacial score (nSPS) is 15.8. The maximum atomic E-state index is 5.69. The fourth-order valence-corrected chi connectivity index (χ4v) is 3.69. The van der Waals surface area contributed by atoms with Gasteiger partial charge in [-0.15, -0.1) is 0 Å². The highest BCUT2D eigenvalue weighted by molar-refractivity contribution is 5.27. The van der Waals surface area contributed by atoms with Crippen molar-refractivity contribution in [3.8, 4) is 5.75 Å². The minimum absolute atomic E-state index is 0.331. The predicted molar refractivity (Wildman–Crippen MR) is 125 cm³/mol. The van der Waals surface area contributed by atoms with Crippen LogP contribution in [0.2, 0.25) is 0 Å². The van der Waals surface area contributed by atoms with E-state index in [0.717, 1.165) is 12.4 Å². The number of rotatable bonds is 19. The van der Waals surface area contributed by atoms with Crippen molar-refractivity contribution in [2.75, 3.05) is 13.2 Å². The molecule has 164 valence electrons. The van der Waals surface area contributed by atoms with Gasteiger partial charge in [0.25, 0.3) is 0 Å². The van der Waals surface area contributed by atoms with Gasteiger partial charge in [-0.25, -0.2) is 0 Å². The predicted octanol–water partition coefficient (Wildman–Crippen LogP) is 8.04. The van der Waals surface area contributed by atoms with E-state index in [2.05, 4.69) is 43.3 Å². The Hall–Kier alpha value is -1.28. The standard InChI is InChI=1S/C27H44O2/c1-2-3-4-5-6-7-8-9-10-11-12-13-14-15-16-17-18-25-19-21-26(22-20-25)28-23-27-24-29-27/h4-5,19-22,27H,2-3,6-18,23-24H2,1H3/b5-4+. The van der Waals surface area contributed by atoms with Gasteiger partial charge in [-0.1, -0.05) is 95.4 Å². The van der Waals surface area contributed by atoms with E-state index in [9.17, 15) is 0 Å². The van der Waals surface area contributed by atoms with Crippen molar-refractivity contribution in [1.29, 1.82) is 0 Å². The van der Waals surface area contributed by atoms with Gasteiger partial charge < -0.3 is 9.47 Å². The molecule has 1 fully saturated rings. The van der Waals surface area contributed by atoms with Crippen LogP contribution in [0.3, 0.4) is 0 Å². The molecule has 2 heteroatoms. The second-order valence-corrected chi connectivity index (χ2v) is 8.60. The fourth-order valence-electron chi connectivity index (χ4n) is 3.69. The molecule has 1 aliphatic rings. The van der Waals surface area contributed by atoms with Crippen molar-refractivity contribution < 1.29 is 9.47 Å². The van der Waals surface area contributed by atoms with Gasteiger partial charge in [0.05, 0.1) is 6.61 Å². The van der Waals surface area contributed by atoms with Crippen LogP contribution < -0.4 is 4.74 Å². The van der Waals surface area contributed by atoms with Crippen LogP contribution in [0, 0.1) is 0 Å². The number of hydrogen-bond donors (Lipinski definition) is 0. The van der Waals surface area contributed by atoms with Crippen molar-refractivity contribution in [3.63, 3.8) is 0 Å². The smallest absolute Gasteiger partial charge is 0.119 e. The summed E-state index contributed by atoms with van der Waals surface area (Å²) in [6, 6.07) is 8.62. The molecule has 0 saturated carbocycles. The summed E-state index contributed by atoms with van der Waals surface area (Å²) in [4.78, 5) is 0. The minimum Gasteiger partial charge on any atom is -0.491 e. The number of epoxide rings is 1. The first-order valence-corrected chi connectivity index (χ1v) is 12.4. The molecule has 29 heavy (non-hydrogen) atoms. The van der Waals surface area contributed by atoms with Gasteiger partial charge in [-0.05, 0) is 49.8 Å². The van der Waals surface area contributed by atoms with E-state index in [4.69, 9.17) is 9.47 Å². The molecule has 1 aliphatic heterocycles. The molecular weight excluding hydrogens is 356 g/mol. The van der Waals surface area contributed by atoms with Gasteiger partial charge in [0.1, 0.15) is 18.5 Å². The molecule has 0 aromatic heterocycles. The maximum Gasteiger partial charge on any atom is 0.119 e. The van der Waals surface area contributed by atoms with Crippen molar-refractivity contribution >= 4 is 0 Å². The molecule has 0 N–H and O–H groups in total. The third-order valence-electron chi connectivity index (χ3n) is 5.72. The minimum atomic E-state index is 0.331. The molecule has 2 rings (SSSR count). The van der Waals surface area contributed by atoms with E-state index < -0.39 is 0 Å². The lowest BCUT2D eigenvalue weighted by molar-refractivity contribution is 0.263. The molecule has 0 radical (unpaired) electrons.